The van der Waals surface area contributed by atoms with Gasteiger partial charge in [0.1, 0.15) is 16.2 Å². The normalized spacial score (nSPS) is 19.9. The lowest BCUT2D eigenvalue weighted by Gasteiger charge is -2.58. The lowest BCUT2D eigenvalue weighted by atomic mass is 9.75. The molecule has 0 unspecified atom stereocenters. The minimum Gasteiger partial charge on any atom is -0.444 e. The van der Waals surface area contributed by atoms with Gasteiger partial charge >= 0.3 is 6.09 Å². The van der Waals surface area contributed by atoms with E-state index < -0.39 is 33.3 Å². The van der Waals surface area contributed by atoms with Crippen molar-refractivity contribution < 1.29 is 26.7 Å². The van der Waals surface area contributed by atoms with Crippen LogP contribution in [0.3, 0.4) is 0 Å². The molecule has 0 aliphatic carbocycles. The number of amides is 1. The molecule has 0 aromatic carbocycles. The Labute approximate surface area is 163 Å². The molecule has 2 fully saturated rings. The third kappa shape index (κ3) is 3.84. The van der Waals surface area contributed by atoms with Gasteiger partial charge in [-0.3, -0.25) is 4.98 Å². The highest BCUT2D eigenvalue weighted by molar-refractivity contribution is 7.89. The molecule has 1 aromatic rings. The van der Waals surface area contributed by atoms with Crippen molar-refractivity contribution in [2.45, 2.75) is 51.0 Å². The quantitative estimate of drug-likeness (QED) is 0.756. The van der Waals surface area contributed by atoms with E-state index in [0.717, 1.165) is 13.0 Å². The second-order valence-electron chi connectivity index (χ2n) is 8.78. The summed E-state index contributed by atoms with van der Waals surface area (Å²) in [6.07, 6.45) is -0.407. The van der Waals surface area contributed by atoms with Crippen LogP contribution in [0.25, 0.3) is 0 Å². The maximum atomic E-state index is 13.4. The molecule has 1 amide bonds. The number of ether oxygens (including phenoxy) is 1. The number of nitrogens with zero attached hydrogens (tertiary/aromatic N) is 3. The van der Waals surface area contributed by atoms with Crippen LogP contribution in [0.4, 0.5) is 13.6 Å². The van der Waals surface area contributed by atoms with Gasteiger partial charge in [-0.15, -0.1) is 0 Å². The number of sulfonamides is 1. The minimum absolute atomic E-state index is 0.0453. The number of carbonyl (C=O) groups is 1. The first-order valence-corrected chi connectivity index (χ1v) is 10.4. The molecule has 1 aromatic heterocycles. The standard InChI is InChI=1S/C18H25F2N3O4S/c1-12-13(6-7-14(21-12)17(5,19)20)28(25,26)23-10-18(11-23)8-22(9-18)15(24)27-16(2,3)4/h6-7H,8-11H2,1-5H3. The van der Waals surface area contributed by atoms with Crippen molar-refractivity contribution in [3.8, 4) is 0 Å². The van der Waals surface area contributed by atoms with Gasteiger partial charge in [-0.25, -0.2) is 13.2 Å². The molecule has 2 aliphatic rings. The van der Waals surface area contributed by atoms with Crippen LogP contribution in [-0.2, 0) is 20.7 Å². The number of hydrogen-bond donors (Lipinski definition) is 0. The Balaban J connectivity index is 1.64. The van der Waals surface area contributed by atoms with Gasteiger partial charge in [0.25, 0.3) is 5.92 Å². The molecular formula is C18H25F2N3O4S. The van der Waals surface area contributed by atoms with Gasteiger partial charge in [-0.2, -0.15) is 13.1 Å². The smallest absolute Gasteiger partial charge is 0.410 e. The Morgan fingerprint density at radius 2 is 1.71 bits per heavy atom. The highest BCUT2D eigenvalue weighted by Gasteiger charge is 2.57. The Bertz CT molecular complexity index is 892. The first kappa shape index (κ1) is 20.9. The van der Waals surface area contributed by atoms with Crippen molar-refractivity contribution >= 4 is 16.1 Å². The average molecular weight is 417 g/mol. The number of aromatic nitrogens is 1. The largest absolute Gasteiger partial charge is 0.444 e. The van der Waals surface area contributed by atoms with Gasteiger partial charge in [-0.1, -0.05) is 0 Å². The van der Waals surface area contributed by atoms with Crippen LogP contribution in [-0.4, -0.2) is 60.5 Å². The van der Waals surface area contributed by atoms with Gasteiger partial charge < -0.3 is 9.64 Å². The van der Waals surface area contributed by atoms with Crippen LogP contribution in [0.1, 0.15) is 39.1 Å². The molecular weight excluding hydrogens is 392 g/mol. The summed E-state index contributed by atoms with van der Waals surface area (Å²) >= 11 is 0. The van der Waals surface area contributed by atoms with Crippen LogP contribution < -0.4 is 0 Å². The van der Waals surface area contributed by atoms with Gasteiger partial charge in [0.15, 0.2) is 0 Å². The SMILES string of the molecule is Cc1nc(C(C)(F)F)ccc1S(=O)(=O)N1CC2(CN(C(=O)OC(C)(C)C)C2)C1. The highest BCUT2D eigenvalue weighted by atomic mass is 32.2. The van der Waals surface area contributed by atoms with Crippen LogP contribution in [0.2, 0.25) is 0 Å². The molecule has 28 heavy (non-hydrogen) atoms. The predicted octanol–water partition coefficient (Wildman–Crippen LogP) is 2.74. The summed E-state index contributed by atoms with van der Waals surface area (Å²) in [6, 6.07) is 2.23. The average Bonchev–Trinajstić information content (AvgIpc) is 2.40. The molecule has 3 rings (SSSR count). The van der Waals surface area contributed by atoms with E-state index in [1.54, 1.807) is 25.7 Å². The molecule has 2 aliphatic heterocycles. The maximum Gasteiger partial charge on any atom is 0.410 e. The third-order valence-corrected chi connectivity index (χ3v) is 6.76. The van der Waals surface area contributed by atoms with E-state index in [9.17, 15) is 22.0 Å². The van der Waals surface area contributed by atoms with Crippen LogP contribution in [0.15, 0.2) is 17.0 Å². The fourth-order valence-electron chi connectivity index (χ4n) is 3.50. The molecule has 7 nitrogen and oxygen atoms in total. The number of aryl methyl sites for hydroxylation is 1. The highest BCUT2D eigenvalue weighted by Crippen LogP contribution is 2.43. The zero-order chi connectivity index (χ0) is 21.1. The fraction of sp³-hybridized carbons (Fsp3) is 0.667. The number of likely N-dealkylation sites (tertiary alicyclic amines) is 1. The summed E-state index contributed by atoms with van der Waals surface area (Å²) in [5.41, 5.74) is -1.26. The predicted molar refractivity (Wildman–Crippen MR) is 97.5 cm³/mol. The summed E-state index contributed by atoms with van der Waals surface area (Å²) in [5, 5.41) is 0. The fourth-order valence-corrected chi connectivity index (χ4v) is 5.32. The molecule has 1 spiro atoms. The number of hydrogen-bond acceptors (Lipinski definition) is 5. The zero-order valence-corrected chi connectivity index (χ0v) is 17.4. The van der Waals surface area contributed by atoms with Crippen molar-refractivity contribution in [3.05, 3.63) is 23.5 Å². The van der Waals surface area contributed by atoms with Crippen molar-refractivity contribution in [2.75, 3.05) is 26.2 Å². The zero-order valence-electron chi connectivity index (χ0n) is 16.6. The molecule has 10 heteroatoms. The van der Waals surface area contributed by atoms with Crippen LogP contribution >= 0.6 is 0 Å². The van der Waals surface area contributed by atoms with E-state index in [-0.39, 0.29) is 29.1 Å². The molecule has 156 valence electrons. The summed E-state index contributed by atoms with van der Waals surface area (Å²) < 4.78 is 59.0. The molecule has 0 atom stereocenters. The van der Waals surface area contributed by atoms with E-state index in [1.165, 1.54) is 17.3 Å². The van der Waals surface area contributed by atoms with Crippen LogP contribution in [0.5, 0.6) is 0 Å². The van der Waals surface area contributed by atoms with Gasteiger partial charge in [0.2, 0.25) is 10.0 Å². The Morgan fingerprint density at radius 1 is 1.14 bits per heavy atom. The summed E-state index contributed by atoms with van der Waals surface area (Å²) in [7, 11) is -3.82. The van der Waals surface area contributed by atoms with E-state index in [1.807, 2.05) is 0 Å². The number of halogens is 2. The minimum atomic E-state index is -3.82. The second-order valence-corrected chi connectivity index (χ2v) is 10.7. The van der Waals surface area contributed by atoms with Gasteiger partial charge in [0.05, 0.1) is 5.69 Å². The molecule has 0 bridgehead atoms. The number of rotatable bonds is 3. The van der Waals surface area contributed by atoms with Crippen molar-refractivity contribution in [2.24, 2.45) is 5.41 Å². The topological polar surface area (TPSA) is 79.8 Å². The van der Waals surface area contributed by atoms with E-state index in [4.69, 9.17) is 4.74 Å². The Morgan fingerprint density at radius 3 is 2.18 bits per heavy atom. The number of carbonyl (C=O) groups excluding carboxylic acids is 1. The van der Waals surface area contributed by atoms with Crippen molar-refractivity contribution in [1.82, 2.24) is 14.2 Å². The lowest BCUT2D eigenvalue weighted by Crippen LogP contribution is -2.73. The van der Waals surface area contributed by atoms with Gasteiger partial charge in [0, 0.05) is 38.5 Å². The van der Waals surface area contributed by atoms with Crippen molar-refractivity contribution in [1.29, 1.82) is 0 Å². The Kier molecular flexibility index (Phi) is 4.74. The van der Waals surface area contributed by atoms with Crippen LogP contribution in [0, 0.1) is 12.3 Å². The maximum absolute atomic E-state index is 13.4. The molecule has 3 heterocycles. The summed E-state index contributed by atoms with van der Waals surface area (Å²) in [4.78, 5) is 17.3. The first-order chi connectivity index (χ1) is 12.6. The van der Waals surface area contributed by atoms with Gasteiger partial charge in [-0.05, 0) is 39.8 Å². The Hall–Kier alpha value is -1.81. The van der Waals surface area contributed by atoms with E-state index in [0.29, 0.717) is 13.1 Å². The number of pyridine rings is 1. The van der Waals surface area contributed by atoms with E-state index in [2.05, 4.69) is 4.98 Å². The second kappa shape index (κ2) is 6.35. The molecule has 0 N–H and O–H groups in total. The molecule has 2 saturated heterocycles. The van der Waals surface area contributed by atoms with E-state index >= 15 is 0 Å². The summed E-state index contributed by atoms with van der Waals surface area (Å²) in [5.74, 6) is -3.13. The monoisotopic (exact) mass is 417 g/mol. The molecule has 0 saturated carbocycles. The lowest BCUT2D eigenvalue weighted by molar-refractivity contribution is -0.0839. The summed E-state index contributed by atoms with van der Waals surface area (Å²) in [6.45, 7) is 8.91. The number of alkyl halides is 2. The molecule has 0 radical (unpaired) electrons. The first-order valence-electron chi connectivity index (χ1n) is 8.97. The van der Waals surface area contributed by atoms with Crippen molar-refractivity contribution in [3.63, 3.8) is 0 Å². The third-order valence-electron chi connectivity index (χ3n) is 4.83.